The van der Waals surface area contributed by atoms with Crippen LogP contribution in [0, 0.1) is 0 Å². The summed E-state index contributed by atoms with van der Waals surface area (Å²) in [5.41, 5.74) is 25.0. The van der Waals surface area contributed by atoms with Gasteiger partial charge in [0.2, 0.25) is 0 Å². The van der Waals surface area contributed by atoms with Gasteiger partial charge in [0.25, 0.3) is 0 Å². The van der Waals surface area contributed by atoms with Crippen LogP contribution in [0.2, 0.25) is 0 Å². The molecule has 7 atom stereocenters. The van der Waals surface area contributed by atoms with E-state index in [4.69, 9.17) is 89.9 Å². The van der Waals surface area contributed by atoms with Crippen LogP contribution in [0.4, 0.5) is 0 Å². The molecule has 33 heteroatoms. The number of hydrogen-bond donors (Lipinski definition) is 21. The van der Waals surface area contributed by atoms with Crippen LogP contribution < -0.4 is 39.3 Å². The third-order valence-electron chi connectivity index (χ3n) is 6.80. The third kappa shape index (κ3) is 56.1. The number of nitrogens with one attached hydrogen (secondary N) is 2. The molecule has 31 nitrogen and oxygen atoms in total. The lowest BCUT2D eigenvalue weighted by Crippen LogP contribution is -2.45. The van der Waals surface area contributed by atoms with Crippen LogP contribution >= 0.6 is 25.3 Å². The first-order valence-electron chi connectivity index (χ1n) is 18.4. The zero-order valence-corrected chi connectivity index (χ0v) is 36.8. The number of carboxylic acids is 12. The Morgan fingerprint density at radius 1 is 0.318 bits per heavy atom. The zero-order valence-electron chi connectivity index (χ0n) is 35.0. The van der Waals surface area contributed by atoms with Gasteiger partial charge in [0.15, 0.2) is 0 Å². The highest BCUT2D eigenvalue weighted by molar-refractivity contribution is 7.80. The molecule has 0 heterocycles. The maximum absolute atomic E-state index is 10.6. The molecule has 0 aromatic heterocycles. The standard InChI is InChI=1S/C8H16N2O4S2.5C5H9NO4/c11-7(12)5(3-15)9-1-2-10-6(4-16)8(13)14;5*6-3(5(9)10)1-2-4(7)8/h5-6,9-10,15-16H,1-4H2,(H,11,12)(H,13,14);5*3H,1-2,6H2,(H,7,8)(H,9,10)/t5-,6-;5*3-/m000000/s1. The van der Waals surface area contributed by atoms with Crippen LogP contribution in [0.15, 0.2) is 0 Å². The number of carbonyl (C=O) groups is 12. The molecule has 0 aromatic carbocycles. The minimum atomic E-state index is -1.17. The van der Waals surface area contributed by atoms with E-state index in [0.29, 0.717) is 13.1 Å². The van der Waals surface area contributed by atoms with Gasteiger partial charge in [0.1, 0.15) is 42.3 Å². The third-order valence-corrected chi connectivity index (χ3v) is 7.53. The van der Waals surface area contributed by atoms with Crippen LogP contribution in [0.1, 0.15) is 64.2 Å². The zero-order chi connectivity index (χ0) is 53.3. The van der Waals surface area contributed by atoms with Crippen LogP contribution in [-0.2, 0) is 57.5 Å². The first-order valence-corrected chi connectivity index (χ1v) is 19.6. The summed E-state index contributed by atoms with van der Waals surface area (Å²) >= 11 is 7.76. The second-order valence-corrected chi connectivity index (χ2v) is 13.2. The topological polar surface area (TPSA) is 602 Å². The molecule has 66 heavy (non-hydrogen) atoms. The molecule has 0 amide bonds. The highest BCUT2D eigenvalue weighted by atomic mass is 32.1. The fourth-order valence-electron chi connectivity index (χ4n) is 2.96. The van der Waals surface area contributed by atoms with E-state index in [1.165, 1.54) is 0 Å². The quantitative estimate of drug-likeness (QED) is 0.0247. The summed E-state index contributed by atoms with van der Waals surface area (Å²) in [5, 5.41) is 104. The van der Waals surface area contributed by atoms with E-state index in [0.717, 1.165) is 0 Å². The predicted molar refractivity (Wildman–Crippen MR) is 229 cm³/mol. The van der Waals surface area contributed by atoms with Crippen LogP contribution in [0.3, 0.4) is 0 Å². The van der Waals surface area contributed by atoms with Gasteiger partial charge in [-0.25, -0.2) is 0 Å². The Balaban J connectivity index is -0.000000166. The summed E-state index contributed by atoms with van der Waals surface area (Å²) in [7, 11) is 0. The van der Waals surface area contributed by atoms with Crippen molar-refractivity contribution in [2.75, 3.05) is 24.6 Å². The molecule has 0 saturated carbocycles. The summed E-state index contributed by atoms with van der Waals surface area (Å²) in [6.07, 6.45) is -1.12. The van der Waals surface area contributed by atoms with Crippen molar-refractivity contribution >= 4 is 96.9 Å². The minimum Gasteiger partial charge on any atom is -0.481 e. The summed E-state index contributed by atoms with van der Waals surface area (Å²) in [5.74, 6) is -12.6. The molecule has 0 unspecified atom stereocenters. The molecule has 24 N–H and O–H groups in total. The number of nitrogens with two attached hydrogens (primary N) is 5. The largest absolute Gasteiger partial charge is 0.481 e. The molecule has 0 fully saturated rings. The van der Waals surface area contributed by atoms with E-state index in [2.05, 4.69) is 35.9 Å². The van der Waals surface area contributed by atoms with Crippen LogP contribution in [0.25, 0.3) is 0 Å². The van der Waals surface area contributed by atoms with Gasteiger partial charge in [-0.05, 0) is 32.1 Å². The second-order valence-electron chi connectivity index (χ2n) is 12.4. The van der Waals surface area contributed by atoms with Gasteiger partial charge in [-0.2, -0.15) is 25.3 Å². The van der Waals surface area contributed by atoms with E-state index < -0.39 is 114 Å². The first-order chi connectivity index (χ1) is 30.2. The average molecular weight is 1000 g/mol. The lowest BCUT2D eigenvalue weighted by Gasteiger charge is -2.14. The molecule has 0 bridgehead atoms. The number of rotatable bonds is 29. The molecule has 0 aliphatic rings. The molecule has 0 saturated heterocycles. The number of aliphatic carboxylic acids is 12. The maximum Gasteiger partial charge on any atom is 0.321 e. The number of thiol groups is 2. The predicted octanol–water partition coefficient (Wildman–Crippen LogP) is -4.75. The van der Waals surface area contributed by atoms with E-state index in [-0.39, 0.29) is 75.7 Å². The molecule has 0 spiro atoms. The van der Waals surface area contributed by atoms with E-state index >= 15 is 0 Å². The van der Waals surface area contributed by atoms with Crippen molar-refractivity contribution in [2.45, 2.75) is 107 Å². The van der Waals surface area contributed by atoms with Crippen LogP contribution in [-0.4, -0.2) is 200 Å². The summed E-state index contributed by atoms with van der Waals surface area (Å²) in [6, 6.07) is -6.73. The monoisotopic (exact) mass is 1000 g/mol. The van der Waals surface area contributed by atoms with Crippen molar-refractivity contribution in [3.63, 3.8) is 0 Å². The Morgan fingerprint density at radius 3 is 0.561 bits per heavy atom. The van der Waals surface area contributed by atoms with Crippen molar-refractivity contribution in [3.8, 4) is 0 Å². The Bertz CT molecular complexity index is 1310. The molecule has 0 aliphatic heterocycles. The second kappa shape index (κ2) is 44.3. The van der Waals surface area contributed by atoms with Gasteiger partial charge in [0.05, 0.1) is 0 Å². The number of carboxylic acid groups (broad SMARTS) is 12. The van der Waals surface area contributed by atoms with Crippen molar-refractivity contribution in [2.24, 2.45) is 28.7 Å². The van der Waals surface area contributed by atoms with Crippen molar-refractivity contribution in [1.29, 1.82) is 0 Å². The molecule has 0 rings (SSSR count). The highest BCUT2D eigenvalue weighted by Gasteiger charge is 2.18. The van der Waals surface area contributed by atoms with Crippen LogP contribution in [0.5, 0.6) is 0 Å². The molecular weight excluding hydrogens is 943 g/mol. The number of hydrogen-bond acceptors (Lipinski definition) is 21. The fraction of sp³-hybridized carbons (Fsp3) is 0.636. The van der Waals surface area contributed by atoms with Crippen molar-refractivity contribution < 1.29 is 119 Å². The Hall–Kier alpha value is -5.94. The molecule has 0 radical (unpaired) electrons. The molecule has 0 aliphatic carbocycles. The van der Waals surface area contributed by atoms with E-state index in [1.807, 2.05) is 0 Å². The van der Waals surface area contributed by atoms with Crippen molar-refractivity contribution in [3.05, 3.63) is 0 Å². The Labute approximate surface area is 385 Å². The fourth-order valence-corrected chi connectivity index (χ4v) is 3.54. The van der Waals surface area contributed by atoms with Gasteiger partial charge in [0, 0.05) is 56.7 Å². The SMILES string of the molecule is N[C@@H](CCC(=O)O)C(=O)O.N[C@@H](CCC(=O)O)C(=O)O.N[C@@H](CCC(=O)O)C(=O)O.N[C@@H](CCC(=O)O)C(=O)O.N[C@@H](CCC(=O)O)C(=O)O.O=C(O)[C@H](CS)NCCN[C@@H](CS)C(=O)O. The molecular formula is C33H61N7O24S2. The van der Waals surface area contributed by atoms with E-state index in [9.17, 15) is 57.5 Å². The minimum absolute atomic E-state index is 0.0231. The molecule has 384 valence electrons. The maximum atomic E-state index is 10.6. The lowest BCUT2D eigenvalue weighted by atomic mass is 10.2. The Kier molecular flexibility index (Phi) is 48.1. The van der Waals surface area contributed by atoms with Gasteiger partial charge >= 0.3 is 71.6 Å². The van der Waals surface area contributed by atoms with Crippen molar-refractivity contribution in [1.82, 2.24) is 10.6 Å². The molecule has 0 aromatic rings. The average Bonchev–Trinajstić information content (AvgIpc) is 3.20. The summed E-state index contributed by atoms with van der Waals surface area (Å²) in [6.45, 7) is 0.712. The highest BCUT2D eigenvalue weighted by Crippen LogP contribution is 1.97. The smallest absolute Gasteiger partial charge is 0.321 e. The van der Waals surface area contributed by atoms with Gasteiger partial charge in [-0.15, -0.1) is 0 Å². The van der Waals surface area contributed by atoms with Gasteiger partial charge in [-0.3, -0.25) is 57.5 Å². The summed E-state index contributed by atoms with van der Waals surface area (Å²) < 4.78 is 0. The van der Waals surface area contributed by atoms with Gasteiger partial charge in [-0.1, -0.05) is 0 Å². The first kappa shape index (κ1) is 71.7. The van der Waals surface area contributed by atoms with E-state index in [1.54, 1.807) is 0 Å². The van der Waals surface area contributed by atoms with Gasteiger partial charge < -0.3 is 101 Å². The normalized spacial score (nSPS) is 13.0. The lowest BCUT2D eigenvalue weighted by molar-refractivity contribution is -0.141. The summed E-state index contributed by atoms with van der Waals surface area (Å²) in [4.78, 5) is 121. The Morgan fingerprint density at radius 2 is 0.470 bits per heavy atom.